The molecule has 0 bridgehead atoms. The number of carbonyl (C=O) groups is 2. The molecule has 0 saturated heterocycles. The zero-order valence-electron chi connectivity index (χ0n) is 21.3. The number of hydrogen-bond donors (Lipinski definition) is 3. The van der Waals surface area contributed by atoms with Gasteiger partial charge in [0.1, 0.15) is 17.1 Å². The summed E-state index contributed by atoms with van der Waals surface area (Å²) in [6, 6.07) is 14.6. The number of carboxylic acid groups (broad SMARTS) is 1. The summed E-state index contributed by atoms with van der Waals surface area (Å²) in [6.45, 7) is 1.96. The van der Waals surface area contributed by atoms with Crippen LogP contribution < -0.4 is 20.3 Å². The monoisotopic (exact) mass is 505 g/mol. The van der Waals surface area contributed by atoms with Crippen LogP contribution in [0.3, 0.4) is 0 Å². The molecule has 0 radical (unpaired) electrons. The molecule has 1 aliphatic rings. The van der Waals surface area contributed by atoms with Crippen molar-refractivity contribution in [3.8, 4) is 16.9 Å². The Morgan fingerprint density at radius 3 is 2.35 bits per heavy atom. The lowest BCUT2D eigenvalue weighted by atomic mass is 9.93. The molecule has 0 spiro atoms. The fourth-order valence-corrected chi connectivity index (χ4v) is 4.81. The molecule has 8 heteroatoms. The maximum absolute atomic E-state index is 15.5. The summed E-state index contributed by atoms with van der Waals surface area (Å²) in [6.07, 6.45) is 5.39. The van der Waals surface area contributed by atoms with Gasteiger partial charge in [-0.05, 0) is 61.7 Å². The number of anilines is 3. The van der Waals surface area contributed by atoms with Gasteiger partial charge in [0, 0.05) is 24.3 Å². The van der Waals surface area contributed by atoms with E-state index in [1.807, 2.05) is 43.1 Å². The van der Waals surface area contributed by atoms with Gasteiger partial charge in [0.25, 0.3) is 0 Å². The number of aromatic carboxylic acids is 1. The van der Waals surface area contributed by atoms with Crippen LogP contribution in [-0.4, -0.2) is 37.3 Å². The molecule has 194 valence electrons. The molecule has 1 saturated carbocycles. The van der Waals surface area contributed by atoms with Crippen LogP contribution in [0.25, 0.3) is 11.1 Å². The molecule has 2 amide bonds. The van der Waals surface area contributed by atoms with E-state index in [1.165, 1.54) is 31.7 Å². The van der Waals surface area contributed by atoms with Crippen molar-refractivity contribution in [3.63, 3.8) is 0 Å². The molecule has 4 rings (SSSR count). The quantitative estimate of drug-likeness (QED) is 0.324. The van der Waals surface area contributed by atoms with Crippen molar-refractivity contribution in [3.05, 3.63) is 71.5 Å². The van der Waals surface area contributed by atoms with E-state index in [4.69, 9.17) is 4.74 Å². The van der Waals surface area contributed by atoms with Gasteiger partial charge in [0.15, 0.2) is 0 Å². The van der Waals surface area contributed by atoms with Gasteiger partial charge in [-0.25, -0.2) is 14.0 Å². The van der Waals surface area contributed by atoms with Crippen molar-refractivity contribution < 1.29 is 23.8 Å². The molecule has 0 atom stereocenters. The summed E-state index contributed by atoms with van der Waals surface area (Å²) in [4.78, 5) is 26.7. The predicted octanol–water partition coefficient (Wildman–Crippen LogP) is 6.92. The summed E-state index contributed by atoms with van der Waals surface area (Å²) in [5.74, 6) is -1.51. The Hall–Kier alpha value is -4.07. The highest BCUT2D eigenvalue weighted by molar-refractivity contribution is 6.02. The summed E-state index contributed by atoms with van der Waals surface area (Å²) < 4.78 is 20.7. The summed E-state index contributed by atoms with van der Waals surface area (Å²) in [7, 11) is 3.30. The first-order valence-electron chi connectivity index (χ1n) is 12.4. The minimum absolute atomic E-state index is 0.0746. The Kier molecular flexibility index (Phi) is 7.96. The number of rotatable bonds is 7. The third-order valence-electron chi connectivity index (χ3n) is 6.89. The van der Waals surface area contributed by atoms with Crippen molar-refractivity contribution in [1.82, 2.24) is 0 Å². The molecule has 1 aliphatic carbocycles. The lowest BCUT2D eigenvalue weighted by Gasteiger charge is -2.34. The molecule has 0 aliphatic heterocycles. The number of carbonyl (C=O) groups excluding carboxylic acids is 1. The van der Waals surface area contributed by atoms with Gasteiger partial charge in [0.05, 0.1) is 18.5 Å². The van der Waals surface area contributed by atoms with E-state index < -0.39 is 17.8 Å². The molecule has 7 nitrogen and oxygen atoms in total. The second-order valence-corrected chi connectivity index (χ2v) is 9.42. The first-order valence-corrected chi connectivity index (χ1v) is 12.4. The number of methoxy groups -OCH3 is 1. The van der Waals surface area contributed by atoms with E-state index >= 15 is 4.39 Å². The zero-order chi connectivity index (χ0) is 26.5. The Balaban J connectivity index is 1.73. The minimum atomic E-state index is -1.18. The highest BCUT2D eigenvalue weighted by Gasteiger charge is 2.24. The number of urea groups is 1. The molecule has 37 heavy (non-hydrogen) atoms. The van der Waals surface area contributed by atoms with Crippen molar-refractivity contribution in [2.24, 2.45) is 0 Å². The number of amides is 2. The molecular formula is C29H32FN3O4. The number of aryl methyl sites for hydroxylation is 1. The topological polar surface area (TPSA) is 90.9 Å². The summed E-state index contributed by atoms with van der Waals surface area (Å²) in [5, 5.41) is 15.3. The lowest BCUT2D eigenvalue weighted by molar-refractivity contribution is 0.0693. The van der Waals surface area contributed by atoms with Gasteiger partial charge >= 0.3 is 12.0 Å². The van der Waals surface area contributed by atoms with Crippen LogP contribution in [0.4, 0.5) is 26.2 Å². The largest absolute Gasteiger partial charge is 0.496 e. The molecule has 3 N–H and O–H groups in total. The Labute approximate surface area is 216 Å². The van der Waals surface area contributed by atoms with Gasteiger partial charge in [-0.2, -0.15) is 0 Å². The lowest BCUT2D eigenvalue weighted by Crippen LogP contribution is -2.34. The average Bonchev–Trinajstić information content (AvgIpc) is 2.90. The van der Waals surface area contributed by atoms with Crippen LogP contribution in [0.1, 0.15) is 48.0 Å². The molecule has 3 aromatic carbocycles. The maximum Gasteiger partial charge on any atom is 0.339 e. The van der Waals surface area contributed by atoms with Crippen molar-refractivity contribution in [1.29, 1.82) is 0 Å². The predicted molar refractivity (Wildman–Crippen MR) is 144 cm³/mol. The molecule has 3 aromatic rings. The number of ether oxygens (including phenoxy) is 1. The van der Waals surface area contributed by atoms with Gasteiger partial charge < -0.3 is 25.4 Å². The van der Waals surface area contributed by atoms with Crippen LogP contribution in [0.15, 0.2) is 54.6 Å². The third kappa shape index (κ3) is 6.02. The normalized spacial score (nSPS) is 13.6. The summed E-state index contributed by atoms with van der Waals surface area (Å²) in [5.41, 5.74) is 3.18. The first-order chi connectivity index (χ1) is 17.8. The van der Waals surface area contributed by atoms with Crippen molar-refractivity contribution in [2.45, 2.75) is 45.1 Å². The SMILES string of the molecule is COc1ccc(-c2cc(NC(=O)Nc3ccc(C)cc3)c(N(C)C3CCCCC3)cc2F)cc1C(=O)O. The van der Waals surface area contributed by atoms with Gasteiger partial charge in [-0.3, -0.25) is 0 Å². The van der Waals surface area contributed by atoms with Gasteiger partial charge in [0.2, 0.25) is 0 Å². The fourth-order valence-electron chi connectivity index (χ4n) is 4.81. The van der Waals surface area contributed by atoms with Crippen LogP contribution >= 0.6 is 0 Å². The Bertz CT molecular complexity index is 1290. The first kappa shape index (κ1) is 26.0. The average molecular weight is 506 g/mol. The van der Waals surface area contributed by atoms with Crippen LogP contribution in [0, 0.1) is 12.7 Å². The van der Waals surface area contributed by atoms with Gasteiger partial charge in [-0.1, -0.05) is 43.0 Å². The van der Waals surface area contributed by atoms with E-state index in [0.29, 0.717) is 22.6 Å². The Morgan fingerprint density at radius 1 is 1.00 bits per heavy atom. The van der Waals surface area contributed by atoms with Crippen LogP contribution in [-0.2, 0) is 0 Å². The van der Waals surface area contributed by atoms with Crippen molar-refractivity contribution >= 4 is 29.1 Å². The molecule has 0 aromatic heterocycles. The number of hydrogen-bond acceptors (Lipinski definition) is 4. The molecule has 0 heterocycles. The number of benzene rings is 3. The molecule has 0 unspecified atom stereocenters. The second-order valence-electron chi connectivity index (χ2n) is 9.42. The number of carboxylic acids is 1. The standard InChI is InChI=1S/C29H32FN3O4/c1-18-9-12-20(13-10-18)31-29(36)32-25-16-22(19-11-14-27(37-3)23(15-19)28(34)35)24(30)17-26(25)33(2)21-7-5-4-6-8-21/h9-17,21H,4-8H2,1-3H3,(H,34,35)(H2,31,32,36). The maximum atomic E-state index is 15.5. The van der Waals surface area contributed by atoms with E-state index in [0.717, 1.165) is 31.2 Å². The number of halogens is 1. The van der Waals surface area contributed by atoms with Crippen LogP contribution in [0.2, 0.25) is 0 Å². The number of nitrogens with zero attached hydrogens (tertiary/aromatic N) is 1. The van der Waals surface area contributed by atoms with E-state index in [2.05, 4.69) is 10.6 Å². The smallest absolute Gasteiger partial charge is 0.339 e. The number of nitrogens with one attached hydrogen (secondary N) is 2. The van der Waals surface area contributed by atoms with Crippen LogP contribution in [0.5, 0.6) is 5.75 Å². The second kappa shape index (κ2) is 11.3. The third-order valence-corrected chi connectivity index (χ3v) is 6.89. The van der Waals surface area contributed by atoms with E-state index in [-0.39, 0.29) is 22.9 Å². The Morgan fingerprint density at radius 2 is 1.70 bits per heavy atom. The van der Waals surface area contributed by atoms with E-state index in [1.54, 1.807) is 12.1 Å². The molecule has 1 fully saturated rings. The highest BCUT2D eigenvalue weighted by atomic mass is 19.1. The fraction of sp³-hybridized carbons (Fsp3) is 0.310. The van der Waals surface area contributed by atoms with Crippen molar-refractivity contribution in [2.75, 3.05) is 29.7 Å². The summed E-state index contributed by atoms with van der Waals surface area (Å²) >= 11 is 0. The minimum Gasteiger partial charge on any atom is -0.496 e. The highest BCUT2D eigenvalue weighted by Crippen LogP contribution is 2.38. The zero-order valence-corrected chi connectivity index (χ0v) is 21.3. The van der Waals surface area contributed by atoms with Gasteiger partial charge in [-0.15, -0.1) is 0 Å². The van der Waals surface area contributed by atoms with E-state index in [9.17, 15) is 14.7 Å². The molecular weight excluding hydrogens is 473 g/mol.